The predicted molar refractivity (Wildman–Crippen MR) is 172 cm³/mol. The third-order valence-electron chi connectivity index (χ3n) is 7.08. The van der Waals surface area contributed by atoms with Gasteiger partial charge in [-0.25, -0.2) is 0 Å². The Labute approximate surface area is 252 Å². The predicted octanol–water partition coefficient (Wildman–Crippen LogP) is 9.04. The fourth-order valence-electron chi connectivity index (χ4n) is 4.62. The third kappa shape index (κ3) is 12.6. The van der Waals surface area contributed by atoms with Gasteiger partial charge >= 0.3 is 15.6 Å². The zero-order chi connectivity index (χ0) is 31.0. The minimum Gasteiger partial charge on any atom is -0.279 e. The maximum Gasteiger partial charge on any atom is 0.522 e. The van der Waals surface area contributed by atoms with Crippen molar-refractivity contribution in [3.8, 4) is 0 Å². The maximum absolute atomic E-state index is 10.7. The molecular formula is C34H46F3O3PS. The average molecular weight is 623 g/mol. The Bertz CT molecular complexity index is 1130. The third-order valence-corrected chi connectivity index (χ3v) is 10.1. The van der Waals surface area contributed by atoms with E-state index in [1.165, 1.54) is 110 Å². The van der Waals surface area contributed by atoms with Crippen molar-refractivity contribution in [1.82, 2.24) is 0 Å². The summed E-state index contributed by atoms with van der Waals surface area (Å²) in [6, 6.07) is 28.6. The summed E-state index contributed by atoms with van der Waals surface area (Å²) in [4.78, 5) is 0. The van der Waals surface area contributed by atoms with Gasteiger partial charge in [-0.2, -0.15) is 21.6 Å². The summed E-state index contributed by atoms with van der Waals surface area (Å²) in [5.74, 6) is 0. The number of halogens is 3. The Balaban J connectivity index is 0.000000675. The molecule has 0 heterocycles. The van der Waals surface area contributed by atoms with E-state index >= 15 is 0 Å². The topological polar surface area (TPSA) is 54.4 Å². The molecule has 1 N–H and O–H groups in total. The van der Waals surface area contributed by atoms with E-state index in [9.17, 15) is 13.2 Å². The molecule has 8 heteroatoms. The first-order chi connectivity index (χ1) is 20.0. The number of hydrogen-bond acceptors (Lipinski definition) is 2. The van der Waals surface area contributed by atoms with Crippen molar-refractivity contribution in [2.24, 2.45) is 0 Å². The first-order valence-corrected chi connectivity index (χ1v) is 17.9. The highest BCUT2D eigenvalue weighted by Crippen LogP contribution is 2.33. The molecule has 0 bridgehead atoms. The van der Waals surface area contributed by atoms with E-state index in [1.807, 2.05) is 0 Å². The van der Waals surface area contributed by atoms with Crippen LogP contribution in [0.1, 0.15) is 95.2 Å². The van der Waals surface area contributed by atoms with Crippen LogP contribution in [0.2, 0.25) is 0 Å². The van der Waals surface area contributed by atoms with Crippen molar-refractivity contribution >= 4 is 34.0 Å². The lowest BCUT2D eigenvalue weighted by Crippen LogP contribution is -2.21. The quantitative estimate of drug-likeness (QED) is 0.0797. The molecular weight excluding hydrogens is 576 g/mol. The molecule has 42 heavy (non-hydrogen) atoms. The molecule has 0 saturated heterocycles. The van der Waals surface area contributed by atoms with Crippen LogP contribution in [0.5, 0.6) is 0 Å². The van der Waals surface area contributed by atoms with Crippen LogP contribution in [0, 0.1) is 0 Å². The van der Waals surface area contributed by atoms with Crippen molar-refractivity contribution in [1.29, 1.82) is 0 Å². The van der Waals surface area contributed by atoms with Crippen LogP contribution in [0.25, 0.3) is 0 Å². The summed E-state index contributed by atoms with van der Waals surface area (Å²) in [5.41, 5.74) is -1.11. The molecule has 0 amide bonds. The van der Waals surface area contributed by atoms with Gasteiger partial charge in [0.05, 0.1) is 0 Å². The molecule has 0 saturated carbocycles. The first-order valence-electron chi connectivity index (χ1n) is 15.1. The molecule has 0 atom stereocenters. The SMILES string of the molecule is CCCCCc1ccc(P(c2ccc(CCCCC)cc2)c2ccc(CCCCC)cc2)cc1.O=S(=O)(O)C(F)(F)F. The second kappa shape index (κ2) is 18.5. The lowest BCUT2D eigenvalue weighted by molar-refractivity contribution is -0.0510. The number of alkyl halides is 3. The molecule has 0 spiro atoms. The fourth-order valence-corrected chi connectivity index (χ4v) is 6.86. The first kappa shape index (κ1) is 36.0. The molecule has 0 aliphatic carbocycles. The van der Waals surface area contributed by atoms with Gasteiger partial charge < -0.3 is 0 Å². The summed E-state index contributed by atoms with van der Waals surface area (Å²) in [6.07, 6.45) is 15.3. The van der Waals surface area contributed by atoms with E-state index in [1.54, 1.807) is 0 Å². The van der Waals surface area contributed by atoms with E-state index < -0.39 is 23.5 Å². The highest BCUT2D eigenvalue weighted by Gasteiger charge is 2.44. The molecule has 0 aromatic heterocycles. The summed E-state index contributed by atoms with van der Waals surface area (Å²) in [5, 5.41) is 4.39. The van der Waals surface area contributed by atoms with E-state index in [0.717, 1.165) is 0 Å². The summed E-state index contributed by atoms with van der Waals surface area (Å²) < 4.78 is 57.5. The van der Waals surface area contributed by atoms with Gasteiger partial charge in [-0.15, -0.1) is 0 Å². The molecule has 3 aromatic rings. The van der Waals surface area contributed by atoms with Gasteiger partial charge in [-0.3, -0.25) is 4.55 Å². The van der Waals surface area contributed by atoms with Crippen LogP contribution < -0.4 is 15.9 Å². The number of rotatable bonds is 15. The molecule has 3 rings (SSSR count). The Morgan fingerprint density at radius 3 is 0.976 bits per heavy atom. The van der Waals surface area contributed by atoms with Crippen LogP contribution in [-0.4, -0.2) is 18.5 Å². The summed E-state index contributed by atoms with van der Waals surface area (Å²) in [7, 11) is -6.37. The number of unbranched alkanes of at least 4 members (excludes halogenated alkanes) is 6. The average Bonchev–Trinajstić information content (AvgIpc) is 2.95. The minimum absolute atomic E-state index is 0.531. The molecule has 3 aromatic carbocycles. The highest BCUT2D eigenvalue weighted by atomic mass is 32.2. The molecule has 0 unspecified atom stereocenters. The van der Waals surface area contributed by atoms with E-state index in [0.29, 0.717) is 0 Å². The molecule has 0 fully saturated rings. The molecule has 0 aliphatic heterocycles. The van der Waals surface area contributed by atoms with Crippen LogP contribution in [0.4, 0.5) is 13.2 Å². The van der Waals surface area contributed by atoms with Crippen molar-refractivity contribution in [3.05, 3.63) is 89.5 Å². The van der Waals surface area contributed by atoms with Crippen molar-refractivity contribution < 1.29 is 26.1 Å². The molecule has 0 aliphatic rings. The monoisotopic (exact) mass is 622 g/mol. The Morgan fingerprint density at radius 2 is 0.786 bits per heavy atom. The van der Waals surface area contributed by atoms with Crippen molar-refractivity contribution in [2.45, 2.75) is 103 Å². The van der Waals surface area contributed by atoms with Crippen LogP contribution in [0.3, 0.4) is 0 Å². The van der Waals surface area contributed by atoms with Gasteiger partial charge in [-0.05, 0) is 79.1 Å². The normalized spacial score (nSPS) is 11.8. The van der Waals surface area contributed by atoms with E-state index in [2.05, 4.69) is 93.6 Å². The van der Waals surface area contributed by atoms with Gasteiger partial charge in [0.15, 0.2) is 0 Å². The second-order valence-electron chi connectivity index (χ2n) is 10.6. The lowest BCUT2D eigenvalue weighted by Gasteiger charge is -2.20. The van der Waals surface area contributed by atoms with Crippen LogP contribution in [0.15, 0.2) is 72.8 Å². The molecule has 0 radical (unpaired) electrons. The van der Waals surface area contributed by atoms with Crippen molar-refractivity contribution in [2.75, 3.05) is 0 Å². The summed E-state index contributed by atoms with van der Waals surface area (Å²) >= 11 is 0. The fraction of sp³-hybridized carbons (Fsp3) is 0.471. The lowest BCUT2D eigenvalue weighted by atomic mass is 10.1. The van der Waals surface area contributed by atoms with Crippen molar-refractivity contribution in [3.63, 3.8) is 0 Å². The molecule has 3 nitrogen and oxygen atoms in total. The van der Waals surface area contributed by atoms with Gasteiger partial charge in [0, 0.05) is 0 Å². The van der Waals surface area contributed by atoms with E-state index in [-0.39, 0.29) is 0 Å². The number of hydrogen-bond donors (Lipinski definition) is 1. The van der Waals surface area contributed by atoms with E-state index in [4.69, 9.17) is 13.0 Å². The zero-order valence-electron chi connectivity index (χ0n) is 25.2. The summed E-state index contributed by atoms with van der Waals surface area (Å²) in [6.45, 7) is 6.83. The Morgan fingerprint density at radius 1 is 0.548 bits per heavy atom. The highest BCUT2D eigenvalue weighted by molar-refractivity contribution is 7.86. The Hall–Kier alpha value is -2.21. The van der Waals surface area contributed by atoms with Gasteiger partial charge in [-0.1, -0.05) is 132 Å². The van der Waals surface area contributed by atoms with Gasteiger partial charge in [0.2, 0.25) is 0 Å². The smallest absolute Gasteiger partial charge is 0.279 e. The minimum atomic E-state index is -5.84. The van der Waals surface area contributed by atoms with Gasteiger partial charge in [0.1, 0.15) is 0 Å². The van der Waals surface area contributed by atoms with Crippen LogP contribution in [-0.2, 0) is 29.4 Å². The maximum atomic E-state index is 10.7. The standard InChI is InChI=1S/C33H45P.CHF3O3S/c1-4-7-10-13-28-16-22-31(23-17-28)34(32-24-18-29(19-25-32)14-11-8-5-2)33-26-20-30(21-27-33)15-12-9-6-3;2-1(3,4)8(5,6)7/h16-27H,4-15H2,1-3H3;(H,5,6,7). The number of benzene rings is 3. The zero-order valence-corrected chi connectivity index (χ0v) is 26.9. The van der Waals surface area contributed by atoms with Gasteiger partial charge in [0.25, 0.3) is 0 Å². The molecule has 232 valence electrons. The Kier molecular flexibility index (Phi) is 15.8. The number of aryl methyl sites for hydroxylation is 3. The largest absolute Gasteiger partial charge is 0.522 e. The van der Waals surface area contributed by atoms with Crippen LogP contribution >= 0.6 is 7.92 Å². The second-order valence-corrected chi connectivity index (χ2v) is 14.3.